The summed E-state index contributed by atoms with van der Waals surface area (Å²) in [6.07, 6.45) is 1.86. The summed E-state index contributed by atoms with van der Waals surface area (Å²) in [4.78, 5) is 26.4. The number of aromatic hydroxyl groups is 1. The summed E-state index contributed by atoms with van der Waals surface area (Å²) in [6.45, 7) is 4.11. The maximum atomic E-state index is 13.4. The van der Waals surface area contributed by atoms with Crippen LogP contribution in [0.3, 0.4) is 0 Å². The van der Waals surface area contributed by atoms with Gasteiger partial charge in [0.2, 0.25) is 12.7 Å². The van der Waals surface area contributed by atoms with E-state index in [4.69, 9.17) is 14.2 Å². The summed E-state index contributed by atoms with van der Waals surface area (Å²) >= 11 is 0. The largest absolute Gasteiger partial charge is 0.494 e. The summed E-state index contributed by atoms with van der Waals surface area (Å²) in [7, 11) is 0. The van der Waals surface area contributed by atoms with Gasteiger partial charge < -0.3 is 19.3 Å². The van der Waals surface area contributed by atoms with Crippen LogP contribution >= 0.6 is 0 Å². The van der Waals surface area contributed by atoms with Gasteiger partial charge in [-0.25, -0.2) is 0 Å². The average Bonchev–Trinajstić information content (AvgIpc) is 3.30. The fourth-order valence-corrected chi connectivity index (χ4v) is 3.80. The molecule has 1 aliphatic rings. The number of pyridine rings is 1. The van der Waals surface area contributed by atoms with Gasteiger partial charge in [-0.3, -0.25) is 14.2 Å². The Morgan fingerprint density at radius 2 is 2.00 bits per heavy atom. The third kappa shape index (κ3) is 4.33. The SMILES string of the molecule is CCCCOc1cccc(C(=O)c2c(C)c(C#N)c(=O)n(Cc3ccc4c(c3)OCO4)c2O)c1. The van der Waals surface area contributed by atoms with E-state index in [-0.39, 0.29) is 35.6 Å². The second kappa shape index (κ2) is 9.71. The summed E-state index contributed by atoms with van der Waals surface area (Å²) in [5.41, 5.74) is 0.0844. The monoisotopic (exact) mass is 460 g/mol. The Hall–Kier alpha value is -4.25. The Labute approximate surface area is 196 Å². The summed E-state index contributed by atoms with van der Waals surface area (Å²) in [5.74, 6) is 0.631. The van der Waals surface area contributed by atoms with Gasteiger partial charge in [-0.1, -0.05) is 31.5 Å². The van der Waals surface area contributed by atoms with Crippen LogP contribution in [0.15, 0.2) is 47.3 Å². The minimum absolute atomic E-state index is 0.0588. The lowest BCUT2D eigenvalue weighted by Gasteiger charge is -2.16. The number of ketones is 1. The molecule has 2 heterocycles. The zero-order valence-electron chi connectivity index (χ0n) is 19.0. The molecular weight excluding hydrogens is 436 g/mol. The van der Waals surface area contributed by atoms with Crippen LogP contribution in [0.2, 0.25) is 0 Å². The molecule has 2 aromatic carbocycles. The first kappa shape index (κ1) is 22.9. The lowest BCUT2D eigenvalue weighted by molar-refractivity contribution is 0.103. The van der Waals surface area contributed by atoms with Gasteiger partial charge in [0, 0.05) is 5.56 Å². The third-order valence-corrected chi connectivity index (χ3v) is 5.67. The standard InChI is InChI=1S/C26H24N2O6/c1-3-4-10-32-19-7-5-6-18(12-19)24(29)23-16(2)20(13-27)25(30)28(26(23)31)14-17-8-9-21-22(11-17)34-15-33-21/h5-9,11-12,31H,3-4,10,14-15H2,1-2H3. The molecule has 0 saturated carbocycles. The van der Waals surface area contributed by atoms with Gasteiger partial charge in [-0.15, -0.1) is 0 Å². The fraction of sp³-hybridized carbons (Fsp3) is 0.269. The fourth-order valence-electron chi connectivity index (χ4n) is 3.80. The van der Waals surface area contributed by atoms with Crippen LogP contribution < -0.4 is 19.8 Å². The lowest BCUT2D eigenvalue weighted by atomic mass is 9.97. The second-order valence-corrected chi connectivity index (χ2v) is 7.95. The van der Waals surface area contributed by atoms with Crippen LogP contribution in [-0.2, 0) is 6.54 Å². The Morgan fingerprint density at radius 1 is 1.21 bits per heavy atom. The highest BCUT2D eigenvalue weighted by Gasteiger charge is 2.25. The van der Waals surface area contributed by atoms with Gasteiger partial charge in [-0.05, 0) is 48.7 Å². The molecule has 0 atom stereocenters. The molecule has 0 bridgehead atoms. The molecule has 0 aliphatic carbocycles. The Balaban J connectivity index is 1.75. The number of nitriles is 1. The number of hydrogen-bond acceptors (Lipinski definition) is 7. The average molecular weight is 460 g/mol. The zero-order valence-corrected chi connectivity index (χ0v) is 19.0. The van der Waals surface area contributed by atoms with Gasteiger partial charge in [-0.2, -0.15) is 5.26 Å². The van der Waals surface area contributed by atoms with Gasteiger partial charge in [0.05, 0.1) is 18.7 Å². The number of carbonyl (C=O) groups excluding carboxylic acids is 1. The number of benzene rings is 2. The molecule has 1 aliphatic heterocycles. The smallest absolute Gasteiger partial charge is 0.271 e. The molecule has 0 unspecified atom stereocenters. The van der Waals surface area contributed by atoms with Crippen LogP contribution in [0, 0.1) is 18.3 Å². The molecule has 8 nitrogen and oxygen atoms in total. The van der Waals surface area contributed by atoms with Crippen molar-refractivity contribution in [3.8, 4) is 29.2 Å². The minimum Gasteiger partial charge on any atom is -0.494 e. The van der Waals surface area contributed by atoms with Crippen LogP contribution in [0.1, 0.15) is 52.4 Å². The van der Waals surface area contributed by atoms with E-state index in [1.807, 2.05) is 6.07 Å². The van der Waals surface area contributed by atoms with Gasteiger partial charge in [0.15, 0.2) is 17.3 Å². The highest BCUT2D eigenvalue weighted by molar-refractivity contribution is 6.11. The van der Waals surface area contributed by atoms with Crippen LogP contribution in [0.25, 0.3) is 0 Å². The number of carbonyl (C=O) groups is 1. The molecule has 4 rings (SSSR count). The molecule has 0 amide bonds. The van der Waals surface area contributed by atoms with Crippen LogP contribution in [0.5, 0.6) is 23.1 Å². The number of hydrogen-bond donors (Lipinski definition) is 1. The maximum absolute atomic E-state index is 13.4. The van der Waals surface area contributed by atoms with E-state index < -0.39 is 17.2 Å². The Morgan fingerprint density at radius 3 is 2.76 bits per heavy atom. The predicted molar refractivity (Wildman–Crippen MR) is 124 cm³/mol. The van der Waals surface area contributed by atoms with E-state index in [2.05, 4.69) is 6.92 Å². The number of ether oxygens (including phenoxy) is 3. The quantitative estimate of drug-likeness (QED) is 0.401. The summed E-state index contributed by atoms with van der Waals surface area (Å²) in [6, 6.07) is 13.6. The Kier molecular flexibility index (Phi) is 6.55. The van der Waals surface area contributed by atoms with Crippen molar-refractivity contribution in [1.82, 2.24) is 4.57 Å². The second-order valence-electron chi connectivity index (χ2n) is 7.95. The number of fused-ring (bicyclic) bond motifs is 1. The van der Waals surface area contributed by atoms with Crippen molar-refractivity contribution in [2.75, 3.05) is 13.4 Å². The molecule has 8 heteroatoms. The van der Waals surface area contributed by atoms with Crippen molar-refractivity contribution in [3.05, 3.63) is 80.6 Å². The first-order valence-electron chi connectivity index (χ1n) is 11.0. The summed E-state index contributed by atoms with van der Waals surface area (Å²) in [5, 5.41) is 20.7. The summed E-state index contributed by atoms with van der Waals surface area (Å²) < 4.78 is 17.4. The van der Waals surface area contributed by atoms with E-state index >= 15 is 0 Å². The molecule has 0 fully saturated rings. The highest BCUT2D eigenvalue weighted by atomic mass is 16.7. The van der Waals surface area contributed by atoms with Crippen molar-refractivity contribution >= 4 is 5.78 Å². The lowest BCUT2D eigenvalue weighted by Crippen LogP contribution is -2.27. The number of aromatic nitrogens is 1. The molecule has 0 spiro atoms. The molecular formula is C26H24N2O6. The molecule has 0 saturated heterocycles. The van der Waals surface area contributed by atoms with E-state index in [9.17, 15) is 20.0 Å². The number of nitrogens with zero attached hydrogens (tertiary/aromatic N) is 2. The van der Waals surface area contributed by atoms with Gasteiger partial charge in [0.25, 0.3) is 5.56 Å². The van der Waals surface area contributed by atoms with E-state index in [0.717, 1.165) is 17.4 Å². The first-order valence-corrected chi connectivity index (χ1v) is 11.0. The number of unbranched alkanes of at least 4 members (excludes halogenated alkanes) is 1. The van der Waals surface area contributed by atoms with Crippen molar-refractivity contribution < 1.29 is 24.1 Å². The third-order valence-electron chi connectivity index (χ3n) is 5.67. The first-order chi connectivity index (χ1) is 16.4. The van der Waals surface area contributed by atoms with Crippen molar-refractivity contribution in [2.24, 2.45) is 0 Å². The minimum atomic E-state index is -0.677. The number of rotatable bonds is 8. The van der Waals surface area contributed by atoms with Crippen LogP contribution in [0.4, 0.5) is 0 Å². The van der Waals surface area contributed by atoms with Crippen molar-refractivity contribution in [1.29, 1.82) is 5.26 Å². The van der Waals surface area contributed by atoms with Crippen LogP contribution in [-0.4, -0.2) is 28.9 Å². The molecule has 3 aromatic rings. The molecule has 34 heavy (non-hydrogen) atoms. The molecule has 0 radical (unpaired) electrons. The molecule has 174 valence electrons. The Bertz CT molecular complexity index is 1350. The normalized spacial score (nSPS) is 11.8. The topological polar surface area (TPSA) is 111 Å². The zero-order chi connectivity index (χ0) is 24.2. The van der Waals surface area contributed by atoms with E-state index in [0.29, 0.717) is 29.4 Å². The highest BCUT2D eigenvalue weighted by Crippen LogP contribution is 2.33. The molecule has 1 N–H and O–H groups in total. The van der Waals surface area contributed by atoms with Gasteiger partial charge in [0.1, 0.15) is 17.4 Å². The molecule has 1 aromatic heterocycles. The van der Waals surface area contributed by atoms with E-state index in [1.54, 1.807) is 42.5 Å². The van der Waals surface area contributed by atoms with Crippen molar-refractivity contribution in [3.63, 3.8) is 0 Å². The predicted octanol–water partition coefficient (Wildman–Crippen LogP) is 3.92. The van der Waals surface area contributed by atoms with Crippen molar-refractivity contribution in [2.45, 2.75) is 33.2 Å². The maximum Gasteiger partial charge on any atom is 0.271 e. The van der Waals surface area contributed by atoms with Gasteiger partial charge >= 0.3 is 0 Å². The van der Waals surface area contributed by atoms with E-state index in [1.165, 1.54) is 6.92 Å².